The predicted molar refractivity (Wildman–Crippen MR) is 73.0 cm³/mol. The molecule has 1 atom stereocenters. The van der Waals surface area contributed by atoms with Crippen LogP contribution in [0.5, 0.6) is 0 Å². The Balaban J connectivity index is 1.99. The second kappa shape index (κ2) is 5.44. The molecule has 0 aromatic rings. The maximum absolute atomic E-state index is 12.0. The van der Waals surface area contributed by atoms with Crippen LogP contribution in [-0.2, 0) is 14.3 Å². The van der Waals surface area contributed by atoms with Crippen LogP contribution in [0.15, 0.2) is 12.3 Å². The highest BCUT2D eigenvalue weighted by Gasteiger charge is 2.35. The lowest BCUT2D eigenvalue weighted by Gasteiger charge is -2.36. The SMILES string of the molecule is CC(C)(C)OC(=O)N1C=CC2(CCNC(=O)CO2)CC1. The number of nitrogens with one attached hydrogen (secondary N) is 1. The fourth-order valence-corrected chi connectivity index (χ4v) is 2.24. The van der Waals surface area contributed by atoms with Gasteiger partial charge < -0.3 is 14.8 Å². The number of carbonyl (C=O) groups is 2. The summed E-state index contributed by atoms with van der Waals surface area (Å²) in [5.74, 6) is -0.0927. The molecule has 1 spiro atoms. The second-order valence-electron chi connectivity index (χ2n) is 6.19. The van der Waals surface area contributed by atoms with Gasteiger partial charge in [-0.15, -0.1) is 0 Å². The zero-order valence-electron chi connectivity index (χ0n) is 12.3. The average molecular weight is 282 g/mol. The Kier molecular flexibility index (Phi) is 4.04. The molecule has 1 N–H and O–H groups in total. The van der Waals surface area contributed by atoms with Crippen molar-refractivity contribution in [3.8, 4) is 0 Å². The minimum Gasteiger partial charge on any atom is -0.443 e. The third kappa shape index (κ3) is 3.72. The molecule has 112 valence electrons. The molecule has 0 saturated carbocycles. The third-order valence-corrected chi connectivity index (χ3v) is 3.32. The number of rotatable bonds is 0. The van der Waals surface area contributed by atoms with Crippen LogP contribution in [0.3, 0.4) is 0 Å². The summed E-state index contributed by atoms with van der Waals surface area (Å²) in [5.41, 5.74) is -0.952. The van der Waals surface area contributed by atoms with Crippen LogP contribution in [0.4, 0.5) is 4.79 Å². The topological polar surface area (TPSA) is 67.9 Å². The smallest absolute Gasteiger partial charge is 0.414 e. The van der Waals surface area contributed by atoms with Crippen molar-refractivity contribution in [2.24, 2.45) is 0 Å². The van der Waals surface area contributed by atoms with Gasteiger partial charge in [-0.05, 0) is 39.7 Å². The molecule has 2 amide bonds. The van der Waals surface area contributed by atoms with Crippen LogP contribution in [0.25, 0.3) is 0 Å². The summed E-state index contributed by atoms with van der Waals surface area (Å²) in [6.45, 7) is 6.70. The Bertz CT molecular complexity index is 427. The Labute approximate surface area is 119 Å². The fourth-order valence-electron chi connectivity index (χ4n) is 2.24. The highest BCUT2D eigenvalue weighted by molar-refractivity contribution is 5.77. The van der Waals surface area contributed by atoms with E-state index in [-0.39, 0.29) is 18.6 Å². The Morgan fingerprint density at radius 2 is 2.20 bits per heavy atom. The van der Waals surface area contributed by atoms with Gasteiger partial charge in [-0.25, -0.2) is 4.79 Å². The molecule has 2 heterocycles. The molecular formula is C14H22N2O4. The Hall–Kier alpha value is -1.56. The van der Waals surface area contributed by atoms with Crippen molar-refractivity contribution in [3.63, 3.8) is 0 Å². The van der Waals surface area contributed by atoms with E-state index in [1.807, 2.05) is 26.8 Å². The molecule has 20 heavy (non-hydrogen) atoms. The van der Waals surface area contributed by atoms with Gasteiger partial charge in [-0.3, -0.25) is 9.69 Å². The lowest BCUT2D eigenvalue weighted by atomic mass is 9.92. The van der Waals surface area contributed by atoms with Crippen LogP contribution in [0.1, 0.15) is 33.6 Å². The first-order valence-corrected chi connectivity index (χ1v) is 6.89. The molecule has 0 radical (unpaired) electrons. The molecule has 1 saturated heterocycles. The van der Waals surface area contributed by atoms with Crippen LogP contribution < -0.4 is 5.32 Å². The monoisotopic (exact) mass is 282 g/mol. The van der Waals surface area contributed by atoms with E-state index in [2.05, 4.69) is 5.32 Å². The fraction of sp³-hybridized carbons (Fsp3) is 0.714. The second-order valence-corrected chi connectivity index (χ2v) is 6.19. The number of hydrogen-bond donors (Lipinski definition) is 1. The number of nitrogens with zero attached hydrogens (tertiary/aromatic N) is 1. The summed E-state index contributed by atoms with van der Waals surface area (Å²) < 4.78 is 11.0. The van der Waals surface area contributed by atoms with E-state index >= 15 is 0 Å². The van der Waals surface area contributed by atoms with Crippen LogP contribution in [-0.4, -0.2) is 47.8 Å². The number of carbonyl (C=O) groups excluding carboxylic acids is 2. The zero-order chi connectivity index (χ0) is 14.8. The van der Waals surface area contributed by atoms with Gasteiger partial charge in [0.05, 0.1) is 5.60 Å². The van der Waals surface area contributed by atoms with Gasteiger partial charge in [0.1, 0.15) is 12.2 Å². The van der Waals surface area contributed by atoms with Gasteiger partial charge in [-0.2, -0.15) is 0 Å². The molecule has 0 bridgehead atoms. The molecule has 0 aromatic heterocycles. The Morgan fingerprint density at radius 3 is 2.80 bits per heavy atom. The molecule has 0 aliphatic carbocycles. The lowest BCUT2D eigenvalue weighted by Crippen LogP contribution is -2.43. The number of hydrogen-bond acceptors (Lipinski definition) is 4. The van der Waals surface area contributed by atoms with Crippen molar-refractivity contribution < 1.29 is 19.1 Å². The molecule has 1 fully saturated rings. The first kappa shape index (κ1) is 14.8. The Morgan fingerprint density at radius 1 is 1.45 bits per heavy atom. The first-order chi connectivity index (χ1) is 9.30. The largest absolute Gasteiger partial charge is 0.443 e. The van der Waals surface area contributed by atoms with E-state index in [0.717, 1.165) is 6.42 Å². The maximum Gasteiger partial charge on any atom is 0.414 e. The van der Waals surface area contributed by atoms with E-state index < -0.39 is 11.2 Å². The van der Waals surface area contributed by atoms with Crippen LogP contribution in [0.2, 0.25) is 0 Å². The highest BCUT2D eigenvalue weighted by atomic mass is 16.6. The first-order valence-electron chi connectivity index (χ1n) is 6.89. The van der Waals surface area contributed by atoms with Crippen molar-refractivity contribution >= 4 is 12.0 Å². The molecule has 2 aliphatic rings. The van der Waals surface area contributed by atoms with E-state index in [9.17, 15) is 9.59 Å². The standard InChI is InChI=1S/C14H22N2O4/c1-13(2,3)20-12(18)16-8-5-14(6-9-16)4-7-15-11(17)10-19-14/h5,8H,4,6-7,9-10H2,1-3H3,(H,15,17). The van der Waals surface area contributed by atoms with Gasteiger partial charge in [0.2, 0.25) is 5.91 Å². The minimum absolute atomic E-state index is 0.0662. The maximum atomic E-state index is 12.0. The van der Waals surface area contributed by atoms with Crippen LogP contribution >= 0.6 is 0 Å². The van der Waals surface area contributed by atoms with Crippen molar-refractivity contribution in [3.05, 3.63) is 12.3 Å². The van der Waals surface area contributed by atoms with E-state index in [1.54, 1.807) is 11.1 Å². The summed E-state index contributed by atoms with van der Waals surface area (Å²) in [4.78, 5) is 24.8. The molecular weight excluding hydrogens is 260 g/mol. The van der Waals surface area contributed by atoms with Gasteiger partial charge in [0.25, 0.3) is 0 Å². The van der Waals surface area contributed by atoms with E-state index in [1.165, 1.54) is 0 Å². The van der Waals surface area contributed by atoms with Crippen molar-refractivity contribution in [1.82, 2.24) is 10.2 Å². The third-order valence-electron chi connectivity index (χ3n) is 3.32. The minimum atomic E-state index is -0.505. The van der Waals surface area contributed by atoms with Crippen molar-refractivity contribution in [2.45, 2.75) is 44.8 Å². The molecule has 2 aliphatic heterocycles. The van der Waals surface area contributed by atoms with Gasteiger partial charge in [0, 0.05) is 19.3 Å². The molecule has 1 unspecified atom stereocenters. The predicted octanol–water partition coefficient (Wildman–Crippen LogP) is 1.42. The van der Waals surface area contributed by atoms with Crippen LogP contribution in [0, 0.1) is 0 Å². The highest BCUT2D eigenvalue weighted by Crippen LogP contribution is 2.28. The number of amides is 2. The van der Waals surface area contributed by atoms with Gasteiger partial charge in [0.15, 0.2) is 0 Å². The summed E-state index contributed by atoms with van der Waals surface area (Å²) in [6.07, 6.45) is 4.59. The van der Waals surface area contributed by atoms with Gasteiger partial charge >= 0.3 is 6.09 Å². The van der Waals surface area contributed by atoms with E-state index in [4.69, 9.17) is 9.47 Å². The van der Waals surface area contributed by atoms with Gasteiger partial charge in [-0.1, -0.05) is 0 Å². The molecule has 2 rings (SSSR count). The summed E-state index contributed by atoms with van der Waals surface area (Å²) in [6, 6.07) is 0. The van der Waals surface area contributed by atoms with E-state index in [0.29, 0.717) is 19.5 Å². The average Bonchev–Trinajstić information content (AvgIpc) is 2.51. The lowest BCUT2D eigenvalue weighted by molar-refractivity contribution is -0.128. The summed E-state index contributed by atoms with van der Waals surface area (Å²) in [7, 11) is 0. The van der Waals surface area contributed by atoms with Crippen molar-refractivity contribution in [1.29, 1.82) is 0 Å². The number of ether oxygens (including phenoxy) is 2. The molecule has 6 nitrogen and oxygen atoms in total. The quantitative estimate of drug-likeness (QED) is 0.729. The van der Waals surface area contributed by atoms with Crippen molar-refractivity contribution in [2.75, 3.05) is 19.7 Å². The normalized spacial score (nSPS) is 27.1. The molecule has 6 heteroatoms. The summed E-state index contributed by atoms with van der Waals surface area (Å²) >= 11 is 0. The molecule has 0 aromatic carbocycles. The summed E-state index contributed by atoms with van der Waals surface area (Å²) in [5, 5.41) is 2.78. The zero-order valence-corrected chi connectivity index (χ0v) is 12.3.